The first-order chi connectivity index (χ1) is 14.5. The number of hydrogen-bond acceptors (Lipinski definition) is 9. The van der Waals surface area contributed by atoms with Crippen LogP contribution in [0.2, 0.25) is 10.0 Å². The molecule has 12 nitrogen and oxygen atoms in total. The lowest BCUT2D eigenvalue weighted by atomic mass is 10.4. The fourth-order valence-corrected chi connectivity index (χ4v) is 2.12. The topological polar surface area (TPSA) is 153 Å². The predicted octanol–water partition coefficient (Wildman–Crippen LogP) is 2.87. The van der Waals surface area contributed by atoms with Gasteiger partial charge in [-0.15, -0.1) is 0 Å². The highest BCUT2D eigenvalue weighted by molar-refractivity contribution is 6.61. The van der Waals surface area contributed by atoms with E-state index >= 15 is 0 Å². The van der Waals surface area contributed by atoms with E-state index in [1.54, 1.807) is 0 Å². The molecule has 0 atom stereocenters. The van der Waals surface area contributed by atoms with Crippen molar-refractivity contribution in [1.82, 2.24) is 9.35 Å². The van der Waals surface area contributed by atoms with Crippen LogP contribution in [0.15, 0.2) is 24.5 Å². The molecule has 2 heterocycles. The van der Waals surface area contributed by atoms with Gasteiger partial charge < -0.3 is 24.8 Å². The van der Waals surface area contributed by atoms with Crippen LogP contribution in [0, 0.1) is 0 Å². The van der Waals surface area contributed by atoms with E-state index in [1.165, 1.54) is 53.0 Å². The molecule has 0 saturated carbocycles. The van der Waals surface area contributed by atoms with Crippen molar-refractivity contribution >= 4 is 58.3 Å². The average molecular weight is 502 g/mol. The average Bonchev–Trinajstić information content (AvgIpc) is 3.28. The number of nitrogen functional groups attached to an aromatic ring is 1. The second-order valence-electron chi connectivity index (χ2n) is 4.83. The molecule has 1 amide bonds. The molecule has 31 heavy (non-hydrogen) atoms. The van der Waals surface area contributed by atoms with Crippen LogP contribution in [0.5, 0.6) is 0 Å². The molecule has 172 valence electrons. The van der Waals surface area contributed by atoms with Gasteiger partial charge in [0.05, 0.1) is 38.5 Å². The largest absolute Gasteiger partial charge is 0.464 e. The molecular formula is C16H19Cl3N4O8. The van der Waals surface area contributed by atoms with E-state index in [0.717, 1.165) is 9.35 Å². The molecule has 2 aromatic heterocycles. The number of hydrogen-bond donors (Lipinski definition) is 2. The maximum Gasteiger partial charge on any atom is 0.426 e. The van der Waals surface area contributed by atoms with Crippen molar-refractivity contribution in [3.8, 4) is 0 Å². The molecule has 0 unspecified atom stereocenters. The number of carbonyl (C=O) groups excluding carboxylic acids is 4. The molecule has 0 saturated heterocycles. The number of nitrogens with one attached hydrogen (secondary N) is 1. The lowest BCUT2D eigenvalue weighted by Gasteiger charge is -2.08. The smallest absolute Gasteiger partial charge is 0.426 e. The van der Waals surface area contributed by atoms with Gasteiger partial charge in [0.2, 0.25) is 0 Å². The Balaban J connectivity index is 0.000000492. The van der Waals surface area contributed by atoms with Crippen molar-refractivity contribution in [1.29, 1.82) is 0 Å². The summed E-state index contributed by atoms with van der Waals surface area (Å²) in [5, 5.41) is 0.470. The number of methoxy groups -OCH3 is 4. The monoisotopic (exact) mass is 500 g/mol. The van der Waals surface area contributed by atoms with Crippen molar-refractivity contribution in [3.05, 3.63) is 46.0 Å². The van der Waals surface area contributed by atoms with Crippen molar-refractivity contribution in [2.75, 3.05) is 39.7 Å². The quantitative estimate of drug-likeness (QED) is 0.280. The van der Waals surface area contributed by atoms with E-state index in [2.05, 4.69) is 36.0 Å². The van der Waals surface area contributed by atoms with Crippen LogP contribution in [0.1, 0.15) is 21.0 Å². The number of nitrogens with two attached hydrogens (primary N) is 1. The molecule has 2 rings (SSSR count). The molecular weight excluding hydrogens is 483 g/mol. The van der Waals surface area contributed by atoms with E-state index in [0.29, 0.717) is 5.02 Å². The number of ether oxygens (including phenoxy) is 4. The summed E-state index contributed by atoms with van der Waals surface area (Å²) >= 11 is 15.9. The van der Waals surface area contributed by atoms with E-state index in [1.807, 2.05) is 0 Å². The fraction of sp³-hybridized carbons (Fsp3) is 0.250. The Morgan fingerprint density at radius 1 is 0.839 bits per heavy atom. The van der Waals surface area contributed by atoms with Crippen molar-refractivity contribution in [2.24, 2.45) is 0 Å². The summed E-state index contributed by atoms with van der Waals surface area (Å²) in [5.74, 6) is 4.16. The molecule has 0 aliphatic heterocycles. The van der Waals surface area contributed by atoms with Crippen LogP contribution in [-0.4, -0.2) is 61.3 Å². The molecule has 0 aliphatic carbocycles. The van der Waals surface area contributed by atoms with Crippen LogP contribution in [0.3, 0.4) is 0 Å². The highest BCUT2D eigenvalue weighted by atomic mass is 35.5. The zero-order valence-corrected chi connectivity index (χ0v) is 18.9. The third-order valence-electron chi connectivity index (χ3n) is 3.02. The first-order valence-corrected chi connectivity index (χ1v) is 8.91. The number of esters is 2. The van der Waals surface area contributed by atoms with Crippen LogP contribution < -0.4 is 11.3 Å². The Morgan fingerprint density at radius 2 is 1.29 bits per heavy atom. The number of carbonyl (C=O) groups is 4. The van der Waals surface area contributed by atoms with Crippen LogP contribution in [-0.2, 0) is 18.9 Å². The summed E-state index contributed by atoms with van der Waals surface area (Å²) in [6.45, 7) is 0. The Kier molecular flexibility index (Phi) is 12.6. The fourth-order valence-electron chi connectivity index (χ4n) is 1.66. The summed E-state index contributed by atoms with van der Waals surface area (Å²) in [7, 11) is 4.91. The number of aromatic nitrogens is 2. The minimum atomic E-state index is -0.773. The molecule has 3 N–H and O–H groups in total. The van der Waals surface area contributed by atoms with Gasteiger partial charge in [0.1, 0.15) is 0 Å². The Bertz CT molecular complexity index is 893. The first kappa shape index (κ1) is 27.9. The Hall–Kier alpha value is -3.09. The number of nitrogens with zero attached hydrogens (tertiary/aromatic N) is 2. The first-order valence-electron chi connectivity index (χ1n) is 7.77. The van der Waals surface area contributed by atoms with Gasteiger partial charge >= 0.3 is 23.5 Å². The van der Waals surface area contributed by atoms with Gasteiger partial charge in [-0.3, -0.25) is 4.68 Å². The zero-order chi connectivity index (χ0) is 24.1. The lowest BCUT2D eigenvalue weighted by Crippen LogP contribution is -2.25. The third kappa shape index (κ3) is 9.07. The van der Waals surface area contributed by atoms with E-state index in [9.17, 15) is 19.2 Å². The summed E-state index contributed by atoms with van der Waals surface area (Å²) in [5.41, 5.74) is 1.69. The molecule has 0 aromatic carbocycles. The van der Waals surface area contributed by atoms with Gasteiger partial charge in [-0.1, -0.05) is 23.2 Å². The van der Waals surface area contributed by atoms with Crippen LogP contribution >= 0.6 is 34.8 Å². The van der Waals surface area contributed by atoms with Crippen molar-refractivity contribution < 1.29 is 38.1 Å². The number of rotatable bonds is 3. The van der Waals surface area contributed by atoms with E-state index in [-0.39, 0.29) is 16.4 Å². The minimum Gasteiger partial charge on any atom is -0.464 e. The molecule has 15 heteroatoms. The number of halogens is 3. The highest BCUT2D eigenvalue weighted by Crippen LogP contribution is 2.17. The Labute approximate surface area is 191 Å². The standard InChI is InChI=1S/C8H9ClN2O4.C6H7ClN2O2.C2H3ClO2/c1-14-7(12)6-5(9)3-4-11(6)10-8(13)15-2;1-11-6(10)5-4(7)2-3-9(5)8;1-5-2(3)4/h3-4H,1-2H3,(H,10,13);2-3H,8H2,1H3;1H3. The highest BCUT2D eigenvalue weighted by Gasteiger charge is 2.18. The van der Waals surface area contributed by atoms with Crippen molar-refractivity contribution in [3.63, 3.8) is 0 Å². The van der Waals surface area contributed by atoms with Crippen LogP contribution in [0.25, 0.3) is 0 Å². The number of amides is 1. The lowest BCUT2D eigenvalue weighted by molar-refractivity contribution is 0.0581. The molecule has 0 fully saturated rings. The SMILES string of the molecule is COC(=O)Cl.COC(=O)Nn1ccc(Cl)c1C(=O)OC.COC(=O)c1c(Cl)ccn1N. The second kappa shape index (κ2) is 14.0. The Morgan fingerprint density at radius 3 is 1.68 bits per heavy atom. The van der Waals surface area contributed by atoms with Gasteiger partial charge in [0.25, 0.3) is 0 Å². The van der Waals surface area contributed by atoms with E-state index < -0.39 is 23.5 Å². The summed E-state index contributed by atoms with van der Waals surface area (Å²) in [4.78, 5) is 42.4. The molecule has 2 aromatic rings. The zero-order valence-electron chi connectivity index (χ0n) is 16.7. The second-order valence-corrected chi connectivity index (χ2v) is 5.95. The van der Waals surface area contributed by atoms with E-state index in [4.69, 9.17) is 29.0 Å². The minimum absolute atomic E-state index is 0.0320. The van der Waals surface area contributed by atoms with Crippen LogP contribution in [0.4, 0.5) is 9.59 Å². The molecule has 0 aliphatic rings. The molecule has 0 spiro atoms. The van der Waals surface area contributed by atoms with Gasteiger partial charge in [0.15, 0.2) is 11.4 Å². The summed E-state index contributed by atoms with van der Waals surface area (Å²) in [6, 6.07) is 2.97. The normalized spacial score (nSPS) is 9.13. The summed E-state index contributed by atoms with van der Waals surface area (Å²) in [6.07, 6.45) is 2.17. The van der Waals surface area contributed by atoms with Gasteiger partial charge in [-0.05, 0) is 12.1 Å². The predicted molar refractivity (Wildman–Crippen MR) is 112 cm³/mol. The van der Waals surface area contributed by atoms with Crippen molar-refractivity contribution in [2.45, 2.75) is 0 Å². The third-order valence-corrected chi connectivity index (χ3v) is 3.78. The molecule has 0 radical (unpaired) electrons. The maximum atomic E-state index is 11.3. The molecule has 0 bridgehead atoms. The summed E-state index contributed by atoms with van der Waals surface area (Å²) < 4.78 is 19.4. The van der Waals surface area contributed by atoms with Gasteiger partial charge in [-0.2, -0.15) is 0 Å². The van der Waals surface area contributed by atoms with Gasteiger partial charge in [0, 0.05) is 24.0 Å². The maximum absolute atomic E-state index is 11.3. The van der Waals surface area contributed by atoms with Gasteiger partial charge in [-0.25, -0.2) is 29.3 Å².